The van der Waals surface area contributed by atoms with Crippen LogP contribution in [0.2, 0.25) is 15.1 Å². The normalized spacial score (nSPS) is 19.6. The quantitative estimate of drug-likeness (QED) is 0.0871. The van der Waals surface area contributed by atoms with Crippen LogP contribution in [-0.4, -0.2) is 66.7 Å². The van der Waals surface area contributed by atoms with E-state index in [-0.39, 0.29) is 62.8 Å². The van der Waals surface area contributed by atoms with Gasteiger partial charge in [-0.2, -0.15) is 0 Å². The van der Waals surface area contributed by atoms with Crippen LogP contribution in [0.15, 0.2) is 74.4 Å². The van der Waals surface area contributed by atoms with Crippen molar-refractivity contribution in [1.29, 1.82) is 0 Å². The van der Waals surface area contributed by atoms with Crippen molar-refractivity contribution in [3.05, 3.63) is 124 Å². The summed E-state index contributed by atoms with van der Waals surface area (Å²) in [5.74, 6) is 0.712. The molecule has 0 aromatic heterocycles. The Morgan fingerprint density at radius 3 is 1.37 bits per heavy atom. The summed E-state index contributed by atoms with van der Waals surface area (Å²) in [5.41, 5.74) is 6.36. The molecule has 18 heteroatoms. The second-order valence-electron chi connectivity index (χ2n) is 17.8. The molecule has 0 bridgehead atoms. The van der Waals surface area contributed by atoms with Gasteiger partial charge in [0, 0.05) is 35.1 Å². The van der Waals surface area contributed by atoms with Gasteiger partial charge in [-0.1, -0.05) is 82.1 Å². The molecule has 2 amide bonds. The molecule has 0 saturated heterocycles. The van der Waals surface area contributed by atoms with Gasteiger partial charge in [0.25, 0.3) is 0 Å². The molecule has 372 valence electrons. The summed E-state index contributed by atoms with van der Waals surface area (Å²) < 4.78 is 62.1. The summed E-state index contributed by atoms with van der Waals surface area (Å²) in [6.45, 7) is 23.6. The van der Waals surface area contributed by atoms with Crippen LogP contribution in [0, 0.1) is 35.2 Å². The highest BCUT2D eigenvalue weighted by Gasteiger charge is 2.44. The predicted molar refractivity (Wildman–Crippen MR) is 269 cm³/mol. The second kappa shape index (κ2) is 27.4. The Labute approximate surface area is 422 Å². The van der Waals surface area contributed by atoms with Crippen molar-refractivity contribution < 1.29 is 46.8 Å². The van der Waals surface area contributed by atoms with Crippen LogP contribution >= 0.6 is 63.1 Å². The van der Waals surface area contributed by atoms with Crippen LogP contribution in [0.25, 0.3) is 0 Å². The zero-order valence-corrected chi connectivity index (χ0v) is 43.3. The smallest absolute Gasteiger partial charge is 0.407 e. The van der Waals surface area contributed by atoms with Crippen LogP contribution in [-0.2, 0) is 9.47 Å². The third kappa shape index (κ3) is 19.3. The first kappa shape index (κ1) is 59.3. The monoisotopic (exact) mass is 1080 g/mol. The zero-order chi connectivity index (χ0) is 49.5. The number of phenols is 1. The van der Waals surface area contributed by atoms with Crippen LogP contribution < -0.4 is 25.8 Å². The fourth-order valence-corrected chi connectivity index (χ4v) is 7.71. The Hall–Kier alpha value is -3.79. The lowest BCUT2D eigenvalue weighted by molar-refractivity contribution is 0.0513. The van der Waals surface area contributed by atoms with Crippen LogP contribution in [0.4, 0.5) is 22.8 Å². The number of hydrogen-bond acceptors (Lipinski definition) is 8. The highest BCUT2D eigenvalue weighted by atomic mass is 79.9. The highest BCUT2D eigenvalue weighted by molar-refractivity contribution is 9.09. The number of halogens is 8. The molecule has 0 radical (unpaired) electrons. The van der Waals surface area contributed by atoms with Gasteiger partial charge in [0.2, 0.25) is 0 Å². The average molecular weight is 1080 g/mol. The standard InChI is InChI=1S/C18H23ClFNO3.C15H19ClFNO3.C13H15ClFNO.C3H5Br.ClH/c1-5-8-23-14-7-6-13(20)16(19)15(14)12-9-11(12)10-21-17(22)24-18(2,3)4;1-15(2,3)21-14(20)18-7-8-6-9(8)12-11(19)5-4-10(17)13(12)16;1-2-5-17-11-4-3-10(15)13(14)12(11)9-6-8(9)7-16;1-2-3-4;/h5-7,11-12H,1,8-10H2,2-4H3,(H,21,22);4-5,8-9,19H,6-7H2,1-3H3,(H,18,20);2-4,8-9H,1,5-7,16H2;2H,1,3H2;1H. The summed E-state index contributed by atoms with van der Waals surface area (Å²) in [6.07, 6.45) is 6.62. The lowest BCUT2D eigenvalue weighted by Crippen LogP contribution is -2.33. The van der Waals surface area contributed by atoms with Crippen molar-refractivity contribution in [2.75, 3.05) is 38.2 Å². The largest absolute Gasteiger partial charge is 0.508 e. The number of alkyl halides is 1. The van der Waals surface area contributed by atoms with E-state index in [1.54, 1.807) is 51.1 Å². The van der Waals surface area contributed by atoms with E-state index < -0.39 is 40.8 Å². The van der Waals surface area contributed by atoms with Crippen molar-refractivity contribution in [2.45, 2.75) is 89.8 Å². The number of aromatic hydroxyl groups is 1. The molecule has 67 heavy (non-hydrogen) atoms. The van der Waals surface area contributed by atoms with E-state index in [0.717, 1.165) is 36.2 Å². The molecule has 0 spiro atoms. The number of hydrogen-bond donors (Lipinski definition) is 4. The maximum Gasteiger partial charge on any atom is 0.407 e. The minimum atomic E-state index is -0.546. The van der Waals surface area contributed by atoms with Crippen molar-refractivity contribution in [3.8, 4) is 17.2 Å². The molecule has 0 aliphatic heterocycles. The van der Waals surface area contributed by atoms with E-state index in [1.807, 2.05) is 20.8 Å². The third-order valence-electron chi connectivity index (χ3n) is 10.1. The molecule has 3 aliphatic carbocycles. The van der Waals surface area contributed by atoms with Gasteiger partial charge in [0.15, 0.2) is 0 Å². The topological polar surface area (TPSA) is 141 Å². The van der Waals surface area contributed by atoms with Crippen LogP contribution in [0.3, 0.4) is 0 Å². The minimum Gasteiger partial charge on any atom is -0.508 e. The molecular formula is C49H63BrCl4F3N3O7. The van der Waals surface area contributed by atoms with Gasteiger partial charge < -0.3 is 40.4 Å². The number of ether oxygens (including phenoxy) is 4. The number of benzene rings is 3. The van der Waals surface area contributed by atoms with E-state index in [4.69, 9.17) is 59.5 Å². The lowest BCUT2D eigenvalue weighted by atomic mass is 10.1. The molecule has 6 atom stereocenters. The van der Waals surface area contributed by atoms with Gasteiger partial charge in [-0.05, 0) is 139 Å². The van der Waals surface area contributed by atoms with Gasteiger partial charge in [0.05, 0.1) is 15.1 Å². The van der Waals surface area contributed by atoms with E-state index in [9.17, 15) is 27.9 Å². The molecule has 6 unspecified atom stereocenters. The fraction of sp³-hybridized carbons (Fsp3) is 0.469. The molecule has 3 aromatic carbocycles. The van der Waals surface area contributed by atoms with Crippen molar-refractivity contribution in [2.24, 2.45) is 23.5 Å². The number of nitrogens with one attached hydrogen (secondary N) is 2. The first-order valence-corrected chi connectivity index (χ1v) is 23.7. The molecular weight excluding hydrogens is 1020 g/mol. The molecule has 10 nitrogen and oxygen atoms in total. The van der Waals surface area contributed by atoms with Crippen molar-refractivity contribution in [3.63, 3.8) is 0 Å². The zero-order valence-electron chi connectivity index (χ0n) is 38.7. The van der Waals surface area contributed by atoms with Gasteiger partial charge in [-0.15, -0.1) is 19.0 Å². The summed E-state index contributed by atoms with van der Waals surface area (Å²) in [4.78, 5) is 23.3. The SMILES string of the molecule is C=CCBr.C=CCOc1ccc(F)c(Cl)c1C1CC1CN.C=CCOc1ccc(F)c(Cl)c1C1CC1CNC(=O)OC(C)(C)C.CC(C)(C)OC(=O)NCC1CC1c1c(O)ccc(F)c1Cl.Cl. The predicted octanol–water partition coefficient (Wildman–Crippen LogP) is 13.6. The van der Waals surface area contributed by atoms with Crippen molar-refractivity contribution >= 4 is 75.3 Å². The molecule has 0 heterocycles. The second-order valence-corrected chi connectivity index (χ2v) is 19.6. The molecule has 5 N–H and O–H groups in total. The Balaban J connectivity index is 0.000000333. The average Bonchev–Trinajstić information content (AvgIpc) is 4.16. The summed E-state index contributed by atoms with van der Waals surface area (Å²) in [7, 11) is 0. The Bertz CT molecular complexity index is 2160. The number of phenolic OH excluding ortho intramolecular Hbond substituents is 1. The fourth-order valence-electron chi connectivity index (χ4n) is 6.82. The Morgan fingerprint density at radius 1 is 0.687 bits per heavy atom. The summed E-state index contributed by atoms with van der Waals surface area (Å²) in [6, 6.07) is 8.25. The van der Waals surface area contributed by atoms with Crippen LogP contribution in [0.1, 0.15) is 95.2 Å². The van der Waals surface area contributed by atoms with Gasteiger partial charge in [-0.3, -0.25) is 0 Å². The molecule has 3 fully saturated rings. The van der Waals surface area contributed by atoms with Gasteiger partial charge in [0.1, 0.15) is 59.1 Å². The first-order chi connectivity index (χ1) is 31.0. The van der Waals surface area contributed by atoms with Crippen molar-refractivity contribution in [1.82, 2.24) is 10.6 Å². The number of carbonyl (C=O) groups excluding carboxylic acids is 2. The lowest BCUT2D eigenvalue weighted by Gasteiger charge is -2.19. The Morgan fingerprint density at radius 2 is 1.03 bits per heavy atom. The van der Waals surface area contributed by atoms with E-state index in [0.29, 0.717) is 61.4 Å². The first-order valence-electron chi connectivity index (χ1n) is 21.4. The van der Waals surface area contributed by atoms with E-state index >= 15 is 0 Å². The van der Waals surface area contributed by atoms with Crippen LogP contribution in [0.5, 0.6) is 17.2 Å². The van der Waals surface area contributed by atoms with E-state index in [1.165, 1.54) is 18.2 Å². The number of amides is 2. The highest BCUT2D eigenvalue weighted by Crippen LogP contribution is 2.55. The summed E-state index contributed by atoms with van der Waals surface area (Å²) in [5, 5.41) is 16.3. The Kier molecular flexibility index (Phi) is 24.3. The molecule has 3 saturated carbocycles. The summed E-state index contributed by atoms with van der Waals surface area (Å²) >= 11 is 21.2. The van der Waals surface area contributed by atoms with Gasteiger partial charge in [-0.25, -0.2) is 22.8 Å². The number of rotatable bonds is 15. The maximum absolute atomic E-state index is 13.8. The number of alkyl carbamates (subject to hydrolysis) is 2. The number of nitrogens with two attached hydrogens (primary N) is 1. The maximum atomic E-state index is 13.8. The molecule has 3 aliphatic rings. The number of carbonyl (C=O) groups is 2. The minimum absolute atomic E-state index is 0. The van der Waals surface area contributed by atoms with E-state index in [2.05, 4.69) is 46.3 Å². The number of allylic oxidation sites excluding steroid dienone is 1. The molecule has 3 aromatic rings. The van der Waals surface area contributed by atoms with Gasteiger partial charge >= 0.3 is 12.2 Å². The molecule has 6 rings (SSSR count). The third-order valence-corrected chi connectivity index (χ3v) is 11.7.